The number of methoxy groups -OCH3 is 1. The van der Waals surface area contributed by atoms with Crippen molar-refractivity contribution < 1.29 is 14.3 Å². The zero-order chi connectivity index (χ0) is 19.1. The summed E-state index contributed by atoms with van der Waals surface area (Å²) < 4.78 is 5.09. The molecule has 0 bridgehead atoms. The van der Waals surface area contributed by atoms with Gasteiger partial charge in [-0.05, 0) is 49.6 Å². The first-order chi connectivity index (χ1) is 12.4. The molecule has 6 heteroatoms. The summed E-state index contributed by atoms with van der Waals surface area (Å²) in [5.74, 6) is 0.496. The molecule has 0 atom stereocenters. The van der Waals surface area contributed by atoms with Crippen molar-refractivity contribution in [1.82, 2.24) is 10.6 Å². The highest BCUT2D eigenvalue weighted by Gasteiger charge is 2.09. The smallest absolute Gasteiger partial charge is 0.315 e. The van der Waals surface area contributed by atoms with E-state index in [9.17, 15) is 9.59 Å². The molecule has 0 saturated carbocycles. The maximum absolute atomic E-state index is 12.1. The van der Waals surface area contributed by atoms with E-state index >= 15 is 0 Å². The molecular weight excluding hydrogens is 330 g/mol. The average Bonchev–Trinajstić information content (AvgIpc) is 2.61. The van der Waals surface area contributed by atoms with Crippen LogP contribution in [-0.2, 0) is 11.3 Å². The molecule has 0 aliphatic heterocycles. The summed E-state index contributed by atoms with van der Waals surface area (Å²) in [6.45, 7) is 6.18. The summed E-state index contributed by atoms with van der Waals surface area (Å²) in [7, 11) is 1.60. The second kappa shape index (κ2) is 8.89. The molecule has 3 amide bonds. The molecule has 0 heterocycles. The summed E-state index contributed by atoms with van der Waals surface area (Å²) in [6.07, 6.45) is 0. The number of ether oxygens (including phenoxy) is 1. The number of anilines is 1. The Bertz CT molecular complexity index is 762. The van der Waals surface area contributed by atoms with Crippen molar-refractivity contribution in [1.29, 1.82) is 0 Å². The van der Waals surface area contributed by atoms with Gasteiger partial charge in [-0.3, -0.25) is 4.79 Å². The van der Waals surface area contributed by atoms with Crippen molar-refractivity contribution in [3.8, 4) is 5.75 Å². The molecule has 138 valence electrons. The van der Waals surface area contributed by atoms with Crippen LogP contribution in [0.2, 0.25) is 0 Å². The Kier molecular flexibility index (Phi) is 6.60. The molecule has 0 aliphatic carbocycles. The summed E-state index contributed by atoms with van der Waals surface area (Å²) in [4.78, 5) is 23.9. The van der Waals surface area contributed by atoms with Crippen LogP contribution < -0.4 is 20.7 Å². The number of aryl methyl sites for hydroxylation is 3. The van der Waals surface area contributed by atoms with E-state index in [4.69, 9.17) is 4.74 Å². The van der Waals surface area contributed by atoms with Crippen molar-refractivity contribution in [2.24, 2.45) is 0 Å². The summed E-state index contributed by atoms with van der Waals surface area (Å²) in [6, 6.07) is 11.0. The van der Waals surface area contributed by atoms with Crippen LogP contribution in [0, 0.1) is 20.8 Å². The fourth-order valence-electron chi connectivity index (χ4n) is 2.71. The first-order valence-electron chi connectivity index (χ1n) is 8.41. The van der Waals surface area contributed by atoms with E-state index in [1.807, 2.05) is 57.2 Å². The standard InChI is InChI=1S/C20H25N3O3/c1-13-9-14(2)19(15(3)10-13)23-18(24)12-22-20(25)21-11-16-5-7-17(26-4)8-6-16/h5-10H,11-12H2,1-4H3,(H,23,24)(H2,21,22,25). The fourth-order valence-corrected chi connectivity index (χ4v) is 2.71. The molecule has 0 aliphatic rings. The lowest BCUT2D eigenvalue weighted by atomic mass is 10.1. The van der Waals surface area contributed by atoms with Crippen molar-refractivity contribution in [3.63, 3.8) is 0 Å². The molecule has 26 heavy (non-hydrogen) atoms. The van der Waals surface area contributed by atoms with Crippen LogP contribution in [0.3, 0.4) is 0 Å². The van der Waals surface area contributed by atoms with Gasteiger partial charge in [0.15, 0.2) is 0 Å². The third-order valence-corrected chi connectivity index (χ3v) is 3.96. The molecule has 2 aromatic rings. The summed E-state index contributed by atoms with van der Waals surface area (Å²) >= 11 is 0. The van der Waals surface area contributed by atoms with E-state index in [1.165, 1.54) is 0 Å². The number of amides is 3. The van der Waals surface area contributed by atoms with Gasteiger partial charge >= 0.3 is 6.03 Å². The van der Waals surface area contributed by atoms with Gasteiger partial charge in [0.2, 0.25) is 5.91 Å². The van der Waals surface area contributed by atoms with Gasteiger partial charge in [-0.1, -0.05) is 29.8 Å². The molecular formula is C20H25N3O3. The molecule has 0 saturated heterocycles. The van der Waals surface area contributed by atoms with E-state index < -0.39 is 6.03 Å². The molecule has 6 nitrogen and oxygen atoms in total. The van der Waals surface area contributed by atoms with Crippen LogP contribution in [-0.4, -0.2) is 25.6 Å². The van der Waals surface area contributed by atoms with Crippen LogP contribution in [0.1, 0.15) is 22.3 Å². The van der Waals surface area contributed by atoms with E-state index in [0.29, 0.717) is 6.54 Å². The van der Waals surface area contributed by atoms with Crippen LogP contribution in [0.5, 0.6) is 5.75 Å². The van der Waals surface area contributed by atoms with Crippen molar-refractivity contribution >= 4 is 17.6 Å². The zero-order valence-corrected chi connectivity index (χ0v) is 15.6. The van der Waals surface area contributed by atoms with E-state index in [0.717, 1.165) is 33.7 Å². The topological polar surface area (TPSA) is 79.5 Å². The number of rotatable bonds is 6. The maximum atomic E-state index is 12.1. The zero-order valence-electron chi connectivity index (χ0n) is 15.6. The Morgan fingerprint density at radius 2 is 1.58 bits per heavy atom. The van der Waals surface area contributed by atoms with Gasteiger partial charge in [-0.2, -0.15) is 0 Å². The first-order valence-corrected chi connectivity index (χ1v) is 8.41. The van der Waals surface area contributed by atoms with Crippen LogP contribution in [0.4, 0.5) is 10.5 Å². The Labute approximate surface area is 153 Å². The highest BCUT2D eigenvalue weighted by Crippen LogP contribution is 2.21. The Morgan fingerprint density at radius 1 is 0.962 bits per heavy atom. The maximum Gasteiger partial charge on any atom is 0.315 e. The third-order valence-electron chi connectivity index (χ3n) is 3.96. The molecule has 2 rings (SSSR count). The van der Waals surface area contributed by atoms with Gasteiger partial charge in [-0.25, -0.2) is 4.79 Å². The lowest BCUT2D eigenvalue weighted by Gasteiger charge is -2.13. The number of hydrogen-bond acceptors (Lipinski definition) is 3. The molecule has 0 radical (unpaired) electrons. The van der Waals surface area contributed by atoms with Crippen LogP contribution >= 0.6 is 0 Å². The van der Waals surface area contributed by atoms with Gasteiger partial charge in [0.05, 0.1) is 13.7 Å². The summed E-state index contributed by atoms with van der Waals surface area (Å²) in [5, 5.41) is 8.13. The molecule has 2 aromatic carbocycles. The molecule has 0 aromatic heterocycles. The lowest BCUT2D eigenvalue weighted by molar-refractivity contribution is -0.115. The highest BCUT2D eigenvalue weighted by atomic mass is 16.5. The number of urea groups is 1. The van der Waals surface area contributed by atoms with Crippen LogP contribution in [0.25, 0.3) is 0 Å². The van der Waals surface area contributed by atoms with E-state index in [1.54, 1.807) is 7.11 Å². The molecule has 0 spiro atoms. The van der Waals surface area contributed by atoms with Gasteiger partial charge in [0.25, 0.3) is 0 Å². The van der Waals surface area contributed by atoms with Gasteiger partial charge in [-0.15, -0.1) is 0 Å². The van der Waals surface area contributed by atoms with Gasteiger partial charge in [0, 0.05) is 12.2 Å². The first kappa shape index (κ1) is 19.3. The minimum atomic E-state index is -0.395. The monoisotopic (exact) mass is 355 g/mol. The van der Waals surface area contributed by atoms with Crippen molar-refractivity contribution in [2.45, 2.75) is 27.3 Å². The van der Waals surface area contributed by atoms with Gasteiger partial charge < -0.3 is 20.7 Å². The Morgan fingerprint density at radius 3 is 2.15 bits per heavy atom. The normalized spacial score (nSPS) is 10.2. The number of carbonyl (C=O) groups excluding carboxylic acids is 2. The lowest BCUT2D eigenvalue weighted by Crippen LogP contribution is -2.39. The number of carbonyl (C=O) groups is 2. The van der Waals surface area contributed by atoms with E-state index in [-0.39, 0.29) is 12.5 Å². The Hall–Kier alpha value is -3.02. The fraction of sp³-hybridized carbons (Fsp3) is 0.300. The minimum Gasteiger partial charge on any atom is -0.497 e. The molecule has 0 unspecified atom stereocenters. The second-order valence-electron chi connectivity index (χ2n) is 6.21. The van der Waals surface area contributed by atoms with E-state index in [2.05, 4.69) is 16.0 Å². The van der Waals surface area contributed by atoms with Gasteiger partial charge in [0.1, 0.15) is 5.75 Å². The minimum absolute atomic E-state index is 0.0960. The van der Waals surface area contributed by atoms with Crippen molar-refractivity contribution in [3.05, 3.63) is 58.7 Å². The number of benzene rings is 2. The quantitative estimate of drug-likeness (QED) is 0.745. The molecule has 3 N–H and O–H groups in total. The number of hydrogen-bond donors (Lipinski definition) is 3. The SMILES string of the molecule is COc1ccc(CNC(=O)NCC(=O)Nc2c(C)cc(C)cc2C)cc1. The summed E-state index contributed by atoms with van der Waals surface area (Å²) in [5.41, 5.74) is 4.88. The predicted molar refractivity (Wildman–Crippen MR) is 103 cm³/mol. The average molecular weight is 355 g/mol. The third kappa shape index (κ3) is 5.51. The Balaban J connectivity index is 1.78. The number of nitrogens with one attached hydrogen (secondary N) is 3. The predicted octanol–water partition coefficient (Wildman–Crippen LogP) is 3.06. The second-order valence-corrected chi connectivity index (χ2v) is 6.21. The molecule has 0 fully saturated rings. The highest BCUT2D eigenvalue weighted by molar-refractivity contribution is 5.95. The van der Waals surface area contributed by atoms with Crippen LogP contribution in [0.15, 0.2) is 36.4 Å². The largest absolute Gasteiger partial charge is 0.497 e. The van der Waals surface area contributed by atoms with Crippen molar-refractivity contribution in [2.75, 3.05) is 19.0 Å².